The van der Waals surface area contributed by atoms with Crippen LogP contribution in [-0.4, -0.2) is 10.9 Å². The maximum absolute atomic E-state index is 13.3. The number of rotatable bonds is 5. The Kier molecular flexibility index (Phi) is 11.4. The Morgan fingerprint density at radius 2 is 0.870 bits per heavy atom. The first kappa shape index (κ1) is 37.8. The molecule has 0 spiro atoms. The molecule has 0 heterocycles. The smallest absolute Gasteiger partial charge is 0.162 e. The van der Waals surface area contributed by atoms with Gasteiger partial charge in [0.2, 0.25) is 0 Å². The Morgan fingerprint density at radius 3 is 1.20 bits per heavy atom. The van der Waals surface area contributed by atoms with Crippen LogP contribution in [0.15, 0.2) is 60.7 Å². The van der Waals surface area contributed by atoms with Crippen molar-refractivity contribution in [2.45, 2.75) is 137 Å². The molecule has 252 valence electrons. The van der Waals surface area contributed by atoms with Crippen LogP contribution in [0.4, 0.5) is 0 Å². The molecule has 0 aromatic heterocycles. The van der Waals surface area contributed by atoms with E-state index >= 15 is 0 Å². The Morgan fingerprint density at radius 1 is 0.543 bits per heavy atom. The number of benzene rings is 3. The van der Waals surface area contributed by atoms with Crippen LogP contribution < -0.4 is 0 Å². The number of ketones is 1. The standard InChI is InChI=1S/C43H58O2.Ni/c1-40(2,3)34-21-31(22-35(25-34)41(4,5)6)29-18-30(32-23-36(42(7,8)9)26-37(24-32)43(10,11)12)20-33(19-29)39(45)27-38(44)28-16-14-13-15-17-28;/h18-28,45H,13-17H2,1-12H3;/b39-27-;. The van der Waals surface area contributed by atoms with E-state index < -0.39 is 0 Å². The molecule has 46 heavy (non-hydrogen) atoms. The summed E-state index contributed by atoms with van der Waals surface area (Å²) in [7, 11) is 0. The SMILES string of the molecule is CC(C)(C)c1cc(-c2cc(/C(O)=C/C(=O)C3CCCCC3)cc(-c3cc(C(C)(C)C)cc(C(C)(C)C)c3)c2)cc(C(C)(C)C)c1.[Ni]. The molecule has 0 saturated heterocycles. The second-order valence-electron chi connectivity index (χ2n) is 17.7. The summed E-state index contributed by atoms with van der Waals surface area (Å²) in [5.41, 5.74) is 10.1. The summed E-state index contributed by atoms with van der Waals surface area (Å²) in [5, 5.41) is 11.5. The number of carbonyl (C=O) groups is 1. The van der Waals surface area contributed by atoms with Crippen LogP contribution in [0.25, 0.3) is 28.0 Å². The van der Waals surface area contributed by atoms with Gasteiger partial charge in [-0.15, -0.1) is 0 Å². The third-order valence-electron chi connectivity index (χ3n) is 9.51. The van der Waals surface area contributed by atoms with Crippen LogP contribution in [0.3, 0.4) is 0 Å². The fourth-order valence-corrected chi connectivity index (χ4v) is 6.15. The summed E-state index contributed by atoms with van der Waals surface area (Å²) in [6, 6.07) is 20.3. The summed E-state index contributed by atoms with van der Waals surface area (Å²) >= 11 is 0. The number of carbonyl (C=O) groups excluding carboxylic acids is 1. The molecule has 0 amide bonds. The molecule has 1 N–H and O–H groups in total. The van der Waals surface area contributed by atoms with Gasteiger partial charge in [0, 0.05) is 34.0 Å². The summed E-state index contributed by atoms with van der Waals surface area (Å²) in [6.45, 7) is 27.1. The fourth-order valence-electron chi connectivity index (χ4n) is 6.15. The maximum Gasteiger partial charge on any atom is 0.162 e. The Labute approximate surface area is 290 Å². The second kappa shape index (κ2) is 13.8. The molecule has 3 aromatic rings. The molecular weight excluding hydrogens is 607 g/mol. The van der Waals surface area contributed by atoms with Crippen molar-refractivity contribution in [1.82, 2.24) is 0 Å². The monoisotopic (exact) mass is 664 g/mol. The van der Waals surface area contributed by atoms with Gasteiger partial charge in [0.15, 0.2) is 5.78 Å². The Bertz CT molecular complexity index is 1410. The van der Waals surface area contributed by atoms with Crippen molar-refractivity contribution in [2.75, 3.05) is 0 Å². The zero-order valence-corrected chi connectivity index (χ0v) is 31.5. The minimum Gasteiger partial charge on any atom is -0.507 e. The number of aliphatic hydroxyl groups excluding tert-OH is 1. The van der Waals surface area contributed by atoms with Crippen LogP contribution >= 0.6 is 0 Å². The van der Waals surface area contributed by atoms with E-state index in [1.54, 1.807) is 0 Å². The van der Waals surface area contributed by atoms with Crippen molar-refractivity contribution in [1.29, 1.82) is 0 Å². The van der Waals surface area contributed by atoms with Gasteiger partial charge in [0.1, 0.15) is 5.76 Å². The Hall–Kier alpha value is -2.64. The molecule has 4 rings (SSSR count). The fraction of sp³-hybridized carbons (Fsp3) is 0.512. The van der Waals surface area contributed by atoms with Crippen molar-refractivity contribution in [2.24, 2.45) is 5.92 Å². The number of allylic oxidation sites excluding steroid dienone is 1. The van der Waals surface area contributed by atoms with Crippen molar-refractivity contribution in [3.63, 3.8) is 0 Å². The summed E-state index contributed by atoms with van der Waals surface area (Å²) in [4.78, 5) is 13.3. The largest absolute Gasteiger partial charge is 0.507 e. The average molecular weight is 666 g/mol. The molecule has 0 atom stereocenters. The van der Waals surface area contributed by atoms with Gasteiger partial charge < -0.3 is 5.11 Å². The zero-order chi connectivity index (χ0) is 33.5. The predicted molar refractivity (Wildman–Crippen MR) is 194 cm³/mol. The van der Waals surface area contributed by atoms with Gasteiger partial charge in [-0.05, 0) is 97.2 Å². The van der Waals surface area contributed by atoms with Crippen molar-refractivity contribution < 1.29 is 26.4 Å². The maximum atomic E-state index is 13.3. The van der Waals surface area contributed by atoms with Crippen molar-refractivity contribution >= 4 is 11.5 Å². The van der Waals surface area contributed by atoms with E-state index in [0.29, 0.717) is 5.56 Å². The first-order valence-electron chi connectivity index (χ1n) is 17.1. The molecule has 0 bridgehead atoms. The Balaban J connectivity index is 0.00000576. The molecule has 0 radical (unpaired) electrons. The first-order valence-corrected chi connectivity index (χ1v) is 17.1. The van der Waals surface area contributed by atoms with Crippen LogP contribution in [-0.2, 0) is 42.9 Å². The first-order chi connectivity index (χ1) is 20.6. The van der Waals surface area contributed by atoms with Gasteiger partial charge >= 0.3 is 0 Å². The topological polar surface area (TPSA) is 37.3 Å². The van der Waals surface area contributed by atoms with Crippen molar-refractivity contribution in [3.8, 4) is 22.3 Å². The number of hydrogen-bond donors (Lipinski definition) is 1. The van der Waals surface area contributed by atoms with Gasteiger partial charge in [-0.3, -0.25) is 4.79 Å². The van der Waals surface area contributed by atoms with E-state index in [0.717, 1.165) is 47.9 Å². The molecule has 3 aromatic carbocycles. The van der Waals surface area contributed by atoms with Crippen LogP contribution in [0.2, 0.25) is 0 Å². The van der Waals surface area contributed by atoms with E-state index in [4.69, 9.17) is 0 Å². The number of aliphatic hydroxyl groups is 1. The van der Waals surface area contributed by atoms with E-state index in [-0.39, 0.29) is 55.6 Å². The van der Waals surface area contributed by atoms with E-state index in [9.17, 15) is 9.90 Å². The van der Waals surface area contributed by atoms with Gasteiger partial charge in [-0.25, -0.2) is 0 Å². The third kappa shape index (κ3) is 9.25. The second-order valence-corrected chi connectivity index (χ2v) is 17.7. The third-order valence-corrected chi connectivity index (χ3v) is 9.51. The molecule has 1 aliphatic carbocycles. The van der Waals surface area contributed by atoms with E-state index in [2.05, 4.69) is 138 Å². The minimum absolute atomic E-state index is 0. The van der Waals surface area contributed by atoms with Crippen LogP contribution in [0, 0.1) is 5.92 Å². The predicted octanol–water partition coefficient (Wildman–Crippen LogP) is 12.3. The zero-order valence-electron chi connectivity index (χ0n) is 30.6. The van der Waals surface area contributed by atoms with Crippen LogP contribution in [0.1, 0.15) is 143 Å². The van der Waals surface area contributed by atoms with Gasteiger partial charge in [0.25, 0.3) is 0 Å². The molecule has 2 nitrogen and oxygen atoms in total. The number of hydrogen-bond acceptors (Lipinski definition) is 2. The van der Waals surface area contributed by atoms with Gasteiger partial charge in [0.05, 0.1) is 0 Å². The van der Waals surface area contributed by atoms with Gasteiger partial charge in [-0.1, -0.05) is 139 Å². The van der Waals surface area contributed by atoms with E-state index in [1.165, 1.54) is 34.8 Å². The molecule has 3 heteroatoms. The quantitative estimate of drug-likeness (QED) is 0.167. The van der Waals surface area contributed by atoms with Crippen LogP contribution in [0.5, 0.6) is 0 Å². The summed E-state index contributed by atoms with van der Waals surface area (Å²) in [6.07, 6.45) is 6.70. The molecular formula is C43H58NiO2. The normalized spacial score (nSPS) is 15.4. The molecule has 1 fully saturated rings. The summed E-state index contributed by atoms with van der Waals surface area (Å²) in [5.74, 6) is 0.118. The molecule has 0 aliphatic heterocycles. The van der Waals surface area contributed by atoms with Gasteiger partial charge in [-0.2, -0.15) is 0 Å². The van der Waals surface area contributed by atoms with E-state index in [1.807, 2.05) is 0 Å². The average Bonchev–Trinajstić information content (AvgIpc) is 2.95. The molecule has 1 saturated carbocycles. The molecule has 0 unspecified atom stereocenters. The minimum atomic E-state index is -0.0203. The summed E-state index contributed by atoms with van der Waals surface area (Å²) < 4.78 is 0. The van der Waals surface area contributed by atoms with Crippen molar-refractivity contribution in [3.05, 3.63) is 88.5 Å². The molecule has 1 aliphatic rings.